The Labute approximate surface area is 205 Å². The standard InChI is InChI=1S/C26H28N4O4S/c1-35(33)19-8-5-17(6-9-19)18-7-10-20-21(15-18)34-23(28-20)22(31)29-26(11-3-2-4-12-26)24(32)30-25(16-27)13-14-25/h5-10,15-16,27H,2-4,11-14H2,1H3,(H,29,31)(H,30,32). The number of hydrogen-bond acceptors (Lipinski definition) is 6. The van der Waals surface area contributed by atoms with Gasteiger partial charge in [0, 0.05) is 28.2 Å². The molecule has 0 saturated heterocycles. The molecule has 2 aliphatic rings. The van der Waals surface area contributed by atoms with Crippen LogP contribution in [0.25, 0.3) is 22.2 Å². The molecule has 0 spiro atoms. The van der Waals surface area contributed by atoms with E-state index in [1.165, 1.54) is 6.21 Å². The van der Waals surface area contributed by atoms with Crippen molar-refractivity contribution < 1.29 is 18.2 Å². The topological polar surface area (TPSA) is 125 Å². The number of carbonyl (C=O) groups is 2. The van der Waals surface area contributed by atoms with Crippen molar-refractivity contribution in [3.8, 4) is 11.1 Å². The van der Waals surface area contributed by atoms with E-state index in [1.54, 1.807) is 12.3 Å². The number of benzene rings is 2. The van der Waals surface area contributed by atoms with Gasteiger partial charge in [0.1, 0.15) is 11.1 Å². The molecular formula is C26H28N4O4S. The molecule has 3 aromatic rings. The van der Waals surface area contributed by atoms with Gasteiger partial charge in [-0.1, -0.05) is 37.5 Å². The van der Waals surface area contributed by atoms with Crippen LogP contribution in [0.1, 0.15) is 55.6 Å². The molecule has 0 radical (unpaired) electrons. The molecule has 8 nitrogen and oxygen atoms in total. The van der Waals surface area contributed by atoms with E-state index < -0.39 is 27.8 Å². The monoisotopic (exact) mass is 492 g/mol. The summed E-state index contributed by atoms with van der Waals surface area (Å²) in [5, 5.41) is 13.5. The number of carbonyl (C=O) groups excluding carboxylic acids is 2. The first-order valence-electron chi connectivity index (χ1n) is 11.8. The molecule has 1 heterocycles. The van der Waals surface area contributed by atoms with Crippen LogP contribution >= 0.6 is 0 Å². The molecule has 0 bridgehead atoms. The van der Waals surface area contributed by atoms with E-state index in [0.717, 1.165) is 48.1 Å². The highest BCUT2D eigenvalue weighted by atomic mass is 32.2. The lowest BCUT2D eigenvalue weighted by atomic mass is 9.80. The van der Waals surface area contributed by atoms with Gasteiger partial charge in [0.05, 0.1) is 5.54 Å². The quantitative estimate of drug-likeness (QED) is 0.431. The van der Waals surface area contributed by atoms with Crippen molar-refractivity contribution in [2.75, 3.05) is 6.26 Å². The average molecular weight is 493 g/mol. The van der Waals surface area contributed by atoms with Gasteiger partial charge in [-0.15, -0.1) is 0 Å². The molecule has 1 atom stereocenters. The molecule has 0 aliphatic heterocycles. The summed E-state index contributed by atoms with van der Waals surface area (Å²) in [6, 6.07) is 13.0. The number of nitrogens with one attached hydrogen (secondary N) is 3. The van der Waals surface area contributed by atoms with Gasteiger partial charge in [-0.3, -0.25) is 13.8 Å². The summed E-state index contributed by atoms with van der Waals surface area (Å²) in [6.07, 6.45) is 8.21. The fraction of sp³-hybridized carbons (Fsp3) is 0.385. The largest absolute Gasteiger partial charge is 0.432 e. The zero-order chi connectivity index (χ0) is 24.6. The Balaban J connectivity index is 1.38. The van der Waals surface area contributed by atoms with E-state index in [1.807, 2.05) is 36.4 Å². The van der Waals surface area contributed by atoms with Crippen molar-refractivity contribution in [2.24, 2.45) is 0 Å². The van der Waals surface area contributed by atoms with Crippen LogP contribution in [0.4, 0.5) is 0 Å². The first-order valence-corrected chi connectivity index (χ1v) is 13.4. The summed E-state index contributed by atoms with van der Waals surface area (Å²) in [5.74, 6) is -0.838. The molecule has 5 rings (SSSR count). The van der Waals surface area contributed by atoms with Crippen molar-refractivity contribution in [1.29, 1.82) is 5.41 Å². The maximum atomic E-state index is 13.2. The molecule has 2 aliphatic carbocycles. The molecule has 9 heteroatoms. The second kappa shape index (κ2) is 9.03. The Morgan fingerprint density at radius 2 is 1.69 bits per heavy atom. The molecule has 2 fully saturated rings. The van der Waals surface area contributed by atoms with Crippen LogP contribution in [0.2, 0.25) is 0 Å². The van der Waals surface area contributed by atoms with Gasteiger partial charge in [-0.25, -0.2) is 4.98 Å². The number of nitrogens with zero attached hydrogens (tertiary/aromatic N) is 1. The van der Waals surface area contributed by atoms with Crippen molar-refractivity contribution in [1.82, 2.24) is 15.6 Å². The van der Waals surface area contributed by atoms with E-state index in [0.29, 0.717) is 23.9 Å². The van der Waals surface area contributed by atoms with E-state index >= 15 is 0 Å². The number of hydrogen-bond donors (Lipinski definition) is 3. The number of rotatable bonds is 7. The van der Waals surface area contributed by atoms with E-state index in [2.05, 4.69) is 15.6 Å². The second-order valence-electron chi connectivity index (χ2n) is 9.53. The van der Waals surface area contributed by atoms with Gasteiger partial charge in [-0.05, 0) is 61.1 Å². The van der Waals surface area contributed by atoms with Gasteiger partial charge < -0.3 is 20.5 Å². The molecule has 35 heavy (non-hydrogen) atoms. The third kappa shape index (κ3) is 4.65. The highest BCUT2D eigenvalue weighted by Crippen LogP contribution is 2.36. The van der Waals surface area contributed by atoms with Gasteiger partial charge in [0.25, 0.3) is 5.89 Å². The molecule has 3 N–H and O–H groups in total. The lowest BCUT2D eigenvalue weighted by molar-refractivity contribution is -0.129. The Morgan fingerprint density at radius 1 is 1.00 bits per heavy atom. The summed E-state index contributed by atoms with van der Waals surface area (Å²) >= 11 is 0. The van der Waals surface area contributed by atoms with Gasteiger partial charge >= 0.3 is 5.91 Å². The molecule has 1 unspecified atom stereocenters. The SMILES string of the molecule is CS(=O)c1ccc(-c2ccc3nc(C(=O)NC4(C(=O)NC5(C=N)CC5)CCCCC4)oc3c2)cc1. The number of aromatic nitrogens is 1. The van der Waals surface area contributed by atoms with Crippen LogP contribution in [0.5, 0.6) is 0 Å². The third-order valence-corrected chi connectivity index (χ3v) is 7.96. The molecule has 1 aromatic heterocycles. The molecule has 182 valence electrons. The summed E-state index contributed by atoms with van der Waals surface area (Å²) in [5.41, 5.74) is 1.25. The fourth-order valence-electron chi connectivity index (χ4n) is 4.66. The normalized spacial score (nSPS) is 19.0. The zero-order valence-corrected chi connectivity index (χ0v) is 20.4. The fourth-order valence-corrected chi connectivity index (χ4v) is 5.18. The number of oxazole rings is 1. The van der Waals surface area contributed by atoms with E-state index in [9.17, 15) is 13.8 Å². The Hall–Kier alpha value is -3.33. The Bertz CT molecular complexity index is 1320. The van der Waals surface area contributed by atoms with Crippen LogP contribution < -0.4 is 10.6 Å². The summed E-state index contributed by atoms with van der Waals surface area (Å²) < 4.78 is 17.5. The first kappa shape index (κ1) is 23.4. The minimum Gasteiger partial charge on any atom is -0.432 e. The zero-order valence-electron chi connectivity index (χ0n) is 19.6. The van der Waals surface area contributed by atoms with Crippen LogP contribution in [0, 0.1) is 5.41 Å². The Morgan fingerprint density at radius 3 is 2.31 bits per heavy atom. The smallest absolute Gasteiger partial charge is 0.308 e. The van der Waals surface area contributed by atoms with E-state index in [-0.39, 0.29) is 11.8 Å². The molecular weight excluding hydrogens is 464 g/mol. The summed E-state index contributed by atoms with van der Waals surface area (Å²) in [4.78, 5) is 31.5. The Kier molecular flexibility index (Phi) is 6.04. The van der Waals surface area contributed by atoms with Gasteiger partial charge in [0.15, 0.2) is 5.58 Å². The minimum absolute atomic E-state index is 0.0835. The van der Waals surface area contributed by atoms with Crippen LogP contribution in [0.3, 0.4) is 0 Å². The van der Waals surface area contributed by atoms with Crippen molar-refractivity contribution in [3.05, 3.63) is 48.4 Å². The summed E-state index contributed by atoms with van der Waals surface area (Å²) in [7, 11) is -1.04. The summed E-state index contributed by atoms with van der Waals surface area (Å²) in [6.45, 7) is 0. The van der Waals surface area contributed by atoms with Crippen molar-refractivity contribution in [3.63, 3.8) is 0 Å². The first-order chi connectivity index (χ1) is 16.8. The van der Waals surface area contributed by atoms with Gasteiger partial charge in [-0.2, -0.15) is 0 Å². The second-order valence-corrected chi connectivity index (χ2v) is 10.9. The van der Waals surface area contributed by atoms with Crippen molar-refractivity contribution in [2.45, 2.75) is 60.9 Å². The molecule has 2 aromatic carbocycles. The third-order valence-electron chi connectivity index (χ3n) is 7.02. The minimum atomic E-state index is -1.04. The highest BCUT2D eigenvalue weighted by Gasteiger charge is 2.48. The number of fused-ring (bicyclic) bond motifs is 1. The average Bonchev–Trinajstić information content (AvgIpc) is 3.51. The van der Waals surface area contributed by atoms with Crippen LogP contribution in [0.15, 0.2) is 51.8 Å². The number of amides is 2. The lowest BCUT2D eigenvalue weighted by Gasteiger charge is -2.37. The highest BCUT2D eigenvalue weighted by molar-refractivity contribution is 7.84. The van der Waals surface area contributed by atoms with Crippen LogP contribution in [-0.4, -0.2) is 44.6 Å². The predicted molar refractivity (Wildman–Crippen MR) is 134 cm³/mol. The molecule has 2 amide bonds. The van der Waals surface area contributed by atoms with Crippen LogP contribution in [-0.2, 0) is 15.6 Å². The maximum absolute atomic E-state index is 13.2. The molecule has 2 saturated carbocycles. The lowest BCUT2D eigenvalue weighted by Crippen LogP contribution is -2.61. The maximum Gasteiger partial charge on any atom is 0.308 e. The predicted octanol–water partition coefficient (Wildman–Crippen LogP) is 3.96. The van der Waals surface area contributed by atoms with Gasteiger partial charge in [0.2, 0.25) is 5.91 Å². The van der Waals surface area contributed by atoms with Crippen molar-refractivity contribution >= 4 is 39.9 Å². The van der Waals surface area contributed by atoms with E-state index in [4.69, 9.17) is 9.83 Å².